The molecular formula is C22H22N2O3S2. The fourth-order valence-electron chi connectivity index (χ4n) is 2.83. The summed E-state index contributed by atoms with van der Waals surface area (Å²) in [5.41, 5.74) is 3.50. The monoisotopic (exact) mass is 426 g/mol. The molecule has 3 rings (SSSR count). The number of rotatable bonds is 5. The Morgan fingerprint density at radius 3 is 2.24 bits per heavy atom. The molecule has 150 valence electrons. The minimum atomic E-state index is -3.65. The molecule has 29 heavy (non-hydrogen) atoms. The van der Waals surface area contributed by atoms with Crippen LogP contribution in [0.2, 0.25) is 0 Å². The summed E-state index contributed by atoms with van der Waals surface area (Å²) in [6.45, 7) is 3.99. The zero-order valence-electron chi connectivity index (χ0n) is 16.4. The van der Waals surface area contributed by atoms with Gasteiger partial charge in [-0.15, -0.1) is 0 Å². The largest absolute Gasteiger partial charge is 0.495 e. The van der Waals surface area contributed by atoms with Crippen molar-refractivity contribution in [3.63, 3.8) is 0 Å². The summed E-state index contributed by atoms with van der Waals surface area (Å²) in [6, 6.07) is 19.0. The van der Waals surface area contributed by atoms with Crippen molar-refractivity contribution in [2.75, 3.05) is 17.7 Å². The van der Waals surface area contributed by atoms with Gasteiger partial charge in [0, 0.05) is 5.69 Å². The second kappa shape index (κ2) is 8.63. The Kier molecular flexibility index (Phi) is 6.20. The number of sulfone groups is 1. The minimum Gasteiger partial charge on any atom is -0.495 e. The van der Waals surface area contributed by atoms with Gasteiger partial charge >= 0.3 is 0 Å². The van der Waals surface area contributed by atoms with Crippen LogP contribution in [0.5, 0.6) is 5.75 Å². The fraction of sp³-hybridized carbons (Fsp3) is 0.136. The SMILES string of the molecule is COc1ccc(S(=O)(=O)c2ccccc2)cc1NC(=S)Nc1cc(C)ccc1C. The molecule has 0 fully saturated rings. The van der Waals surface area contributed by atoms with Crippen molar-refractivity contribution in [2.45, 2.75) is 23.6 Å². The molecule has 0 aliphatic carbocycles. The molecule has 5 nitrogen and oxygen atoms in total. The van der Waals surface area contributed by atoms with E-state index in [4.69, 9.17) is 17.0 Å². The molecule has 0 unspecified atom stereocenters. The molecule has 0 heterocycles. The second-order valence-corrected chi connectivity index (χ2v) is 8.93. The molecule has 0 aromatic heterocycles. The van der Waals surface area contributed by atoms with E-state index in [-0.39, 0.29) is 9.79 Å². The first kappa shape index (κ1) is 20.8. The molecule has 0 amide bonds. The first-order chi connectivity index (χ1) is 13.8. The van der Waals surface area contributed by atoms with Crippen LogP contribution in [0.1, 0.15) is 11.1 Å². The number of aryl methyl sites for hydroxylation is 2. The summed E-state index contributed by atoms with van der Waals surface area (Å²) in [7, 11) is -2.13. The summed E-state index contributed by atoms with van der Waals surface area (Å²) in [5, 5.41) is 6.55. The van der Waals surface area contributed by atoms with Crippen LogP contribution in [0.4, 0.5) is 11.4 Å². The van der Waals surface area contributed by atoms with Gasteiger partial charge < -0.3 is 15.4 Å². The van der Waals surface area contributed by atoms with Crippen LogP contribution in [0.3, 0.4) is 0 Å². The standard InChI is InChI=1S/C22H22N2O3S2/c1-15-9-10-16(2)19(13-15)23-22(28)24-20-14-18(11-12-21(20)27-3)29(25,26)17-7-5-4-6-8-17/h4-14H,1-3H3,(H2,23,24,28). The second-order valence-electron chi connectivity index (χ2n) is 6.58. The van der Waals surface area contributed by atoms with Crippen LogP contribution in [0.25, 0.3) is 0 Å². The van der Waals surface area contributed by atoms with E-state index in [1.165, 1.54) is 19.2 Å². The minimum absolute atomic E-state index is 0.154. The molecule has 0 aliphatic rings. The van der Waals surface area contributed by atoms with Gasteiger partial charge in [-0.25, -0.2) is 8.42 Å². The Balaban J connectivity index is 1.90. The van der Waals surface area contributed by atoms with Crippen molar-refractivity contribution < 1.29 is 13.2 Å². The molecule has 0 atom stereocenters. The summed E-state index contributed by atoms with van der Waals surface area (Å²) in [5.74, 6) is 0.488. The lowest BCUT2D eigenvalue weighted by atomic mass is 10.1. The highest BCUT2D eigenvalue weighted by atomic mass is 32.2. The molecule has 0 aliphatic heterocycles. The number of hydrogen-bond acceptors (Lipinski definition) is 4. The number of methoxy groups -OCH3 is 1. The average molecular weight is 427 g/mol. The molecule has 0 radical (unpaired) electrons. The maximum atomic E-state index is 12.9. The van der Waals surface area contributed by atoms with E-state index in [1.807, 2.05) is 32.0 Å². The van der Waals surface area contributed by atoms with Gasteiger partial charge in [-0.05, 0) is 73.6 Å². The van der Waals surface area contributed by atoms with Crippen LogP contribution in [0.15, 0.2) is 76.5 Å². The number of benzene rings is 3. The molecule has 2 N–H and O–H groups in total. The molecule has 7 heteroatoms. The third kappa shape index (κ3) is 4.75. The lowest BCUT2D eigenvalue weighted by Gasteiger charge is -2.16. The van der Waals surface area contributed by atoms with Crippen molar-refractivity contribution >= 4 is 38.5 Å². The van der Waals surface area contributed by atoms with Crippen molar-refractivity contribution in [1.82, 2.24) is 0 Å². The Morgan fingerprint density at radius 1 is 0.862 bits per heavy atom. The lowest BCUT2D eigenvalue weighted by molar-refractivity contribution is 0.416. The summed E-state index contributed by atoms with van der Waals surface area (Å²) >= 11 is 5.43. The van der Waals surface area contributed by atoms with E-state index in [0.29, 0.717) is 16.5 Å². The number of ether oxygens (including phenoxy) is 1. The highest BCUT2D eigenvalue weighted by molar-refractivity contribution is 7.91. The Bertz CT molecular complexity index is 1140. The van der Waals surface area contributed by atoms with Crippen LogP contribution in [0, 0.1) is 13.8 Å². The maximum Gasteiger partial charge on any atom is 0.206 e. The highest BCUT2D eigenvalue weighted by Crippen LogP contribution is 2.30. The first-order valence-corrected chi connectivity index (χ1v) is 10.8. The highest BCUT2D eigenvalue weighted by Gasteiger charge is 2.19. The van der Waals surface area contributed by atoms with Gasteiger partial charge in [-0.1, -0.05) is 30.3 Å². The summed E-state index contributed by atoms with van der Waals surface area (Å²) in [4.78, 5) is 0.383. The predicted octanol–water partition coefficient (Wildman–Crippen LogP) is 4.95. The maximum absolute atomic E-state index is 12.9. The third-order valence-electron chi connectivity index (χ3n) is 4.42. The topological polar surface area (TPSA) is 67.4 Å². The van der Waals surface area contributed by atoms with Gasteiger partial charge in [0.1, 0.15) is 5.75 Å². The van der Waals surface area contributed by atoms with Crippen LogP contribution >= 0.6 is 12.2 Å². The van der Waals surface area contributed by atoms with Gasteiger partial charge in [0.05, 0.1) is 22.6 Å². The average Bonchev–Trinajstić information content (AvgIpc) is 2.71. The zero-order valence-corrected chi connectivity index (χ0v) is 18.0. The van der Waals surface area contributed by atoms with Crippen molar-refractivity contribution in [2.24, 2.45) is 0 Å². The van der Waals surface area contributed by atoms with Crippen LogP contribution in [-0.4, -0.2) is 20.6 Å². The molecule has 0 saturated carbocycles. The number of anilines is 2. The number of nitrogens with one attached hydrogen (secondary N) is 2. The van der Waals surface area contributed by atoms with Crippen molar-refractivity contribution in [3.05, 3.63) is 77.9 Å². The van der Waals surface area contributed by atoms with Crippen molar-refractivity contribution in [3.8, 4) is 5.75 Å². The smallest absolute Gasteiger partial charge is 0.206 e. The van der Waals surface area contributed by atoms with Crippen LogP contribution < -0.4 is 15.4 Å². The zero-order chi connectivity index (χ0) is 21.0. The van der Waals surface area contributed by atoms with E-state index in [1.54, 1.807) is 36.4 Å². The predicted molar refractivity (Wildman–Crippen MR) is 121 cm³/mol. The first-order valence-electron chi connectivity index (χ1n) is 8.94. The molecule has 0 spiro atoms. The van der Waals surface area contributed by atoms with Gasteiger partial charge in [0.25, 0.3) is 0 Å². The van der Waals surface area contributed by atoms with E-state index >= 15 is 0 Å². The summed E-state index contributed by atoms with van der Waals surface area (Å²) in [6.07, 6.45) is 0. The fourth-order valence-corrected chi connectivity index (χ4v) is 4.36. The van der Waals surface area contributed by atoms with Gasteiger partial charge in [-0.2, -0.15) is 0 Å². The Morgan fingerprint density at radius 2 is 1.55 bits per heavy atom. The molecule has 3 aromatic carbocycles. The van der Waals surface area contributed by atoms with E-state index < -0.39 is 9.84 Å². The molecule has 0 saturated heterocycles. The van der Waals surface area contributed by atoms with Gasteiger partial charge in [-0.3, -0.25) is 0 Å². The van der Waals surface area contributed by atoms with Crippen molar-refractivity contribution in [1.29, 1.82) is 0 Å². The van der Waals surface area contributed by atoms with Crippen LogP contribution in [-0.2, 0) is 9.84 Å². The lowest BCUT2D eigenvalue weighted by Crippen LogP contribution is -2.20. The molecule has 3 aromatic rings. The van der Waals surface area contributed by atoms with Gasteiger partial charge in [0.2, 0.25) is 9.84 Å². The van der Waals surface area contributed by atoms with E-state index in [2.05, 4.69) is 10.6 Å². The normalized spacial score (nSPS) is 11.0. The third-order valence-corrected chi connectivity index (χ3v) is 6.40. The molecular weight excluding hydrogens is 404 g/mol. The Labute approximate surface area is 176 Å². The summed E-state index contributed by atoms with van der Waals surface area (Å²) < 4.78 is 31.2. The quantitative estimate of drug-likeness (QED) is 0.563. The molecule has 0 bridgehead atoms. The number of thiocarbonyl (C=S) groups is 1. The van der Waals surface area contributed by atoms with Gasteiger partial charge in [0.15, 0.2) is 5.11 Å². The Hall–Kier alpha value is -2.90. The number of hydrogen-bond donors (Lipinski definition) is 2. The van der Waals surface area contributed by atoms with E-state index in [0.717, 1.165) is 16.8 Å². The van der Waals surface area contributed by atoms with E-state index in [9.17, 15) is 8.42 Å².